The quantitative estimate of drug-likeness (QED) is 0.450. The molecule has 2 aromatic carbocycles. The number of nitrogens with zero attached hydrogens (tertiary/aromatic N) is 3. The van der Waals surface area contributed by atoms with E-state index >= 15 is 0 Å². The van der Waals surface area contributed by atoms with Gasteiger partial charge < -0.3 is 14.6 Å². The van der Waals surface area contributed by atoms with E-state index in [4.69, 9.17) is 9.26 Å². The van der Waals surface area contributed by atoms with Gasteiger partial charge in [0.1, 0.15) is 11.4 Å². The van der Waals surface area contributed by atoms with Crippen molar-refractivity contribution in [1.29, 1.82) is 0 Å². The van der Waals surface area contributed by atoms with Gasteiger partial charge in [0, 0.05) is 23.5 Å². The summed E-state index contributed by atoms with van der Waals surface area (Å²) in [5, 5.41) is 7.55. The largest absolute Gasteiger partial charge is 0.487 e. The van der Waals surface area contributed by atoms with Gasteiger partial charge in [0.2, 0.25) is 17.6 Å². The highest BCUT2D eigenvalue weighted by molar-refractivity contribution is 5.79. The minimum atomic E-state index is -0.318. The molecule has 1 saturated heterocycles. The van der Waals surface area contributed by atoms with Crippen molar-refractivity contribution in [2.45, 2.75) is 84.4 Å². The third-order valence-corrected chi connectivity index (χ3v) is 7.73. The number of aryl methyl sites for hydroxylation is 1. The van der Waals surface area contributed by atoms with Crippen molar-refractivity contribution in [3.8, 4) is 17.1 Å². The molecule has 0 bridgehead atoms. The fourth-order valence-corrected chi connectivity index (χ4v) is 5.49. The van der Waals surface area contributed by atoms with Gasteiger partial charge in [-0.15, -0.1) is 0 Å². The summed E-state index contributed by atoms with van der Waals surface area (Å²) in [4.78, 5) is 20.2. The third kappa shape index (κ3) is 5.93. The summed E-state index contributed by atoms with van der Waals surface area (Å²) in [6.45, 7) is 15.1. The molecule has 0 saturated carbocycles. The van der Waals surface area contributed by atoms with Crippen LogP contribution in [0.1, 0.15) is 82.5 Å². The third-order valence-electron chi connectivity index (χ3n) is 7.73. The van der Waals surface area contributed by atoms with Gasteiger partial charge in [0.15, 0.2) is 0 Å². The Labute approximate surface area is 226 Å². The van der Waals surface area contributed by atoms with Gasteiger partial charge in [-0.05, 0) is 63.7 Å². The Balaban J connectivity index is 1.15. The van der Waals surface area contributed by atoms with E-state index in [0.29, 0.717) is 18.3 Å². The van der Waals surface area contributed by atoms with E-state index in [1.165, 1.54) is 11.1 Å². The molecule has 3 aromatic rings. The van der Waals surface area contributed by atoms with Crippen LogP contribution in [0, 0.1) is 12.8 Å². The lowest BCUT2D eigenvalue weighted by atomic mass is 9.87. The van der Waals surface area contributed by atoms with Crippen molar-refractivity contribution in [3.05, 3.63) is 65.0 Å². The second kappa shape index (κ2) is 10.2. The predicted octanol–water partition coefficient (Wildman–Crippen LogP) is 5.97. The highest BCUT2D eigenvalue weighted by Crippen LogP contribution is 2.40. The number of nitrogens with one attached hydrogen (secondary N) is 1. The molecule has 7 heteroatoms. The fourth-order valence-electron chi connectivity index (χ4n) is 5.49. The number of hydrogen-bond donors (Lipinski definition) is 1. The number of fused-ring (bicyclic) bond motifs is 1. The molecular formula is C31H40N4O3. The van der Waals surface area contributed by atoms with Crippen molar-refractivity contribution in [1.82, 2.24) is 20.4 Å². The van der Waals surface area contributed by atoms with Crippen molar-refractivity contribution >= 4 is 5.91 Å². The first-order chi connectivity index (χ1) is 18.0. The van der Waals surface area contributed by atoms with Gasteiger partial charge in [0.05, 0.1) is 12.6 Å². The molecule has 1 fully saturated rings. The summed E-state index contributed by atoms with van der Waals surface area (Å²) >= 11 is 0. The first kappa shape index (κ1) is 26.4. The van der Waals surface area contributed by atoms with Gasteiger partial charge in [-0.25, -0.2) is 0 Å². The van der Waals surface area contributed by atoms with Crippen LogP contribution in [0.4, 0.5) is 0 Å². The van der Waals surface area contributed by atoms with Crippen LogP contribution in [-0.2, 0) is 16.8 Å². The standard InChI is InChI=1S/C31H40N4O3/c1-20-7-12-26-24(17-20)25(18-31(5,6)37-26)32-29(36)22-13-15-35(16-14-22)19-27-33-28(34-38-27)21-8-10-23(11-9-21)30(2,3)4/h7-12,17,22,25H,13-16,18-19H2,1-6H3,(H,32,36). The molecule has 5 rings (SSSR count). The van der Waals surface area contributed by atoms with Crippen molar-refractivity contribution in [3.63, 3.8) is 0 Å². The van der Waals surface area contributed by atoms with E-state index in [2.05, 4.69) is 98.3 Å². The number of benzene rings is 2. The van der Waals surface area contributed by atoms with Gasteiger partial charge in [-0.3, -0.25) is 9.69 Å². The highest BCUT2D eigenvalue weighted by atomic mass is 16.5. The molecule has 0 spiro atoms. The van der Waals surface area contributed by atoms with Crippen LogP contribution in [0.15, 0.2) is 47.0 Å². The number of rotatable bonds is 5. The minimum Gasteiger partial charge on any atom is -0.487 e. The Bertz CT molecular complexity index is 1280. The van der Waals surface area contributed by atoms with Crippen LogP contribution in [0.5, 0.6) is 5.75 Å². The maximum absolute atomic E-state index is 13.3. The zero-order valence-corrected chi connectivity index (χ0v) is 23.5. The molecule has 0 radical (unpaired) electrons. The molecular weight excluding hydrogens is 476 g/mol. The molecule has 38 heavy (non-hydrogen) atoms. The first-order valence-corrected chi connectivity index (χ1v) is 13.7. The van der Waals surface area contributed by atoms with Crippen LogP contribution in [0.3, 0.4) is 0 Å². The molecule has 1 atom stereocenters. The van der Waals surface area contributed by atoms with Crippen LogP contribution < -0.4 is 10.1 Å². The predicted molar refractivity (Wildman–Crippen MR) is 148 cm³/mol. The molecule has 202 valence electrons. The van der Waals surface area contributed by atoms with E-state index in [9.17, 15) is 4.79 Å². The minimum absolute atomic E-state index is 0.00467. The van der Waals surface area contributed by atoms with Crippen molar-refractivity contribution in [2.75, 3.05) is 13.1 Å². The molecule has 1 unspecified atom stereocenters. The number of carbonyl (C=O) groups is 1. The number of hydrogen-bond acceptors (Lipinski definition) is 6. The molecule has 2 aliphatic heterocycles. The summed E-state index contributed by atoms with van der Waals surface area (Å²) in [6, 6.07) is 14.5. The van der Waals surface area contributed by atoms with Gasteiger partial charge in [0.25, 0.3) is 0 Å². The fraction of sp³-hybridized carbons (Fsp3) is 0.516. The maximum Gasteiger partial charge on any atom is 0.241 e. The summed E-state index contributed by atoms with van der Waals surface area (Å²) < 4.78 is 11.7. The second-order valence-corrected chi connectivity index (χ2v) is 12.6. The van der Waals surface area contributed by atoms with Crippen molar-refractivity contribution in [2.24, 2.45) is 5.92 Å². The van der Waals surface area contributed by atoms with E-state index in [1.807, 2.05) is 6.07 Å². The van der Waals surface area contributed by atoms with E-state index in [-0.39, 0.29) is 28.9 Å². The highest BCUT2D eigenvalue weighted by Gasteiger charge is 2.36. The number of ether oxygens (including phenoxy) is 1. The number of amides is 1. The van der Waals surface area contributed by atoms with Crippen molar-refractivity contribution < 1.29 is 14.1 Å². The zero-order valence-electron chi connectivity index (χ0n) is 23.5. The summed E-state index contributed by atoms with van der Waals surface area (Å²) in [5.74, 6) is 2.24. The lowest BCUT2D eigenvalue weighted by Gasteiger charge is -2.39. The molecule has 3 heterocycles. The average Bonchev–Trinajstić information content (AvgIpc) is 3.32. The summed E-state index contributed by atoms with van der Waals surface area (Å²) in [6.07, 6.45) is 2.38. The van der Waals surface area contributed by atoms with Gasteiger partial charge in [-0.2, -0.15) is 4.98 Å². The number of aromatic nitrogens is 2. The Hall–Kier alpha value is -3.19. The molecule has 1 aromatic heterocycles. The molecule has 1 N–H and O–H groups in total. The summed E-state index contributed by atoms with van der Waals surface area (Å²) in [5.41, 5.74) is 4.27. The Kier molecular flexibility index (Phi) is 7.07. The normalized spacial score (nSPS) is 20.0. The van der Waals surface area contributed by atoms with Crippen LogP contribution in [0.2, 0.25) is 0 Å². The maximum atomic E-state index is 13.3. The lowest BCUT2D eigenvalue weighted by molar-refractivity contribution is -0.127. The lowest BCUT2D eigenvalue weighted by Crippen LogP contribution is -2.45. The zero-order chi connectivity index (χ0) is 27.1. The number of carbonyl (C=O) groups excluding carboxylic acids is 1. The topological polar surface area (TPSA) is 80.5 Å². The van der Waals surface area contributed by atoms with Crippen LogP contribution >= 0.6 is 0 Å². The summed E-state index contributed by atoms with van der Waals surface area (Å²) in [7, 11) is 0. The SMILES string of the molecule is Cc1ccc2c(c1)C(NC(=O)C1CCN(Cc3nc(-c4ccc(C(C)(C)C)cc4)no3)CC1)CC(C)(C)O2. The molecule has 1 amide bonds. The molecule has 2 aliphatic rings. The number of likely N-dealkylation sites (tertiary alicyclic amines) is 1. The van der Waals surface area contributed by atoms with E-state index < -0.39 is 0 Å². The Morgan fingerprint density at radius 2 is 1.82 bits per heavy atom. The second-order valence-electron chi connectivity index (χ2n) is 12.6. The van der Waals surface area contributed by atoms with Gasteiger partial charge in [-0.1, -0.05) is 67.9 Å². The molecule has 7 nitrogen and oxygen atoms in total. The number of piperidine rings is 1. The Morgan fingerprint density at radius 1 is 1.11 bits per heavy atom. The van der Waals surface area contributed by atoms with E-state index in [0.717, 1.165) is 49.2 Å². The first-order valence-electron chi connectivity index (χ1n) is 13.7. The van der Waals surface area contributed by atoms with Gasteiger partial charge >= 0.3 is 0 Å². The van der Waals surface area contributed by atoms with E-state index in [1.54, 1.807) is 0 Å². The van der Waals surface area contributed by atoms with Crippen LogP contribution in [0.25, 0.3) is 11.4 Å². The monoisotopic (exact) mass is 516 g/mol. The average molecular weight is 517 g/mol. The smallest absolute Gasteiger partial charge is 0.241 e. The molecule has 0 aliphatic carbocycles. The Morgan fingerprint density at radius 3 is 2.50 bits per heavy atom. The van der Waals surface area contributed by atoms with Crippen LogP contribution in [-0.4, -0.2) is 39.6 Å².